The van der Waals surface area contributed by atoms with Gasteiger partial charge in [-0.2, -0.15) is 0 Å². The number of pyridine rings is 1. The second kappa shape index (κ2) is 11.6. The molecule has 0 saturated heterocycles. The zero-order chi connectivity index (χ0) is 33.0. The normalized spacial score (nSPS) is 12.2. The number of hydrogen-bond donors (Lipinski definition) is 0. The van der Waals surface area contributed by atoms with E-state index in [-0.39, 0.29) is 0 Å². The van der Waals surface area contributed by atoms with E-state index in [2.05, 4.69) is 28.7 Å². The van der Waals surface area contributed by atoms with Gasteiger partial charge in [-0.15, -0.1) is 0 Å². The van der Waals surface area contributed by atoms with E-state index in [0.29, 0.717) is 0 Å². The number of aromatic nitrogens is 2. The summed E-state index contributed by atoms with van der Waals surface area (Å²) in [6.45, 7) is 0. The quantitative estimate of drug-likeness (QED) is 0.133. The van der Waals surface area contributed by atoms with Crippen molar-refractivity contribution in [1.29, 1.82) is 0 Å². The van der Waals surface area contributed by atoms with Gasteiger partial charge in [0.05, 0.1) is 16.6 Å². The SMILES string of the molecule is O=P(c1ccccc1)(c1ccccc1)c1ccc2c(c1)nc1c3ccccc3c3ccc(P(=O)(c4ccccc4)c4ccccc4)cc3n21. The molecular weight excluding hydrogens is 638 g/mol. The minimum atomic E-state index is -3.23. The smallest absolute Gasteiger partial charge is 0.171 e. The van der Waals surface area contributed by atoms with Crippen LogP contribution in [0.25, 0.3) is 38.4 Å². The molecule has 7 aromatic carbocycles. The minimum Gasteiger partial charge on any atom is -0.309 e. The van der Waals surface area contributed by atoms with Crippen LogP contribution < -0.4 is 31.8 Å². The van der Waals surface area contributed by atoms with Gasteiger partial charge in [0.1, 0.15) is 5.65 Å². The van der Waals surface area contributed by atoms with Crippen molar-refractivity contribution in [2.45, 2.75) is 0 Å². The average molecular weight is 669 g/mol. The summed E-state index contributed by atoms with van der Waals surface area (Å²) in [6, 6.07) is 59.5. The van der Waals surface area contributed by atoms with Gasteiger partial charge >= 0.3 is 0 Å². The van der Waals surface area contributed by atoms with Gasteiger partial charge in [-0.25, -0.2) is 4.98 Å². The van der Waals surface area contributed by atoms with Crippen LogP contribution in [-0.2, 0) is 9.13 Å². The predicted molar refractivity (Wildman–Crippen MR) is 206 cm³/mol. The molecule has 4 nitrogen and oxygen atoms in total. The molecule has 6 heteroatoms. The zero-order valence-electron chi connectivity index (χ0n) is 26.4. The molecule has 0 N–H and O–H groups in total. The van der Waals surface area contributed by atoms with Crippen LogP contribution in [0.2, 0.25) is 0 Å². The first kappa shape index (κ1) is 29.6. The third-order valence-electron chi connectivity index (χ3n) is 9.52. The highest BCUT2D eigenvalue weighted by atomic mass is 31.2. The summed E-state index contributed by atoms with van der Waals surface area (Å²) < 4.78 is 32.9. The summed E-state index contributed by atoms with van der Waals surface area (Å²) in [7, 11) is -6.43. The van der Waals surface area contributed by atoms with Crippen molar-refractivity contribution in [2.24, 2.45) is 0 Å². The summed E-state index contributed by atoms with van der Waals surface area (Å²) in [6.07, 6.45) is 0. The molecule has 0 spiro atoms. The predicted octanol–water partition coefficient (Wildman–Crippen LogP) is 8.07. The highest BCUT2D eigenvalue weighted by Crippen LogP contribution is 2.45. The summed E-state index contributed by atoms with van der Waals surface area (Å²) >= 11 is 0. The van der Waals surface area contributed by atoms with Crippen LogP contribution in [0.15, 0.2) is 182 Å². The van der Waals surface area contributed by atoms with Crippen molar-refractivity contribution in [3.05, 3.63) is 182 Å². The Bertz CT molecular complexity index is 2680. The molecule has 49 heavy (non-hydrogen) atoms. The molecule has 2 heterocycles. The van der Waals surface area contributed by atoms with Crippen molar-refractivity contribution in [2.75, 3.05) is 0 Å². The molecule has 0 fully saturated rings. The van der Waals surface area contributed by atoms with E-state index in [4.69, 9.17) is 4.98 Å². The molecule has 9 aromatic rings. The second-order valence-corrected chi connectivity index (χ2v) is 17.8. The van der Waals surface area contributed by atoms with Crippen LogP contribution in [0.5, 0.6) is 0 Å². The van der Waals surface area contributed by atoms with Gasteiger partial charge in [-0.05, 0) is 29.7 Å². The molecule has 0 atom stereocenters. The summed E-state index contributed by atoms with van der Waals surface area (Å²) in [4.78, 5) is 5.24. The van der Waals surface area contributed by atoms with Crippen molar-refractivity contribution in [3.63, 3.8) is 0 Å². The van der Waals surface area contributed by atoms with Crippen LogP contribution in [0.4, 0.5) is 0 Å². The van der Waals surface area contributed by atoms with E-state index in [9.17, 15) is 0 Å². The number of rotatable bonds is 6. The van der Waals surface area contributed by atoms with Gasteiger partial charge < -0.3 is 9.13 Å². The lowest BCUT2D eigenvalue weighted by Gasteiger charge is -2.21. The Morgan fingerprint density at radius 3 is 1.31 bits per heavy atom. The fourth-order valence-electron chi connectivity index (χ4n) is 7.18. The van der Waals surface area contributed by atoms with Crippen molar-refractivity contribution in [3.8, 4) is 0 Å². The molecule has 0 aliphatic rings. The van der Waals surface area contributed by atoms with Crippen LogP contribution in [0.1, 0.15) is 0 Å². The summed E-state index contributed by atoms with van der Waals surface area (Å²) in [5.41, 5.74) is 3.37. The minimum absolute atomic E-state index is 0.729. The Morgan fingerprint density at radius 1 is 0.367 bits per heavy atom. The van der Waals surface area contributed by atoms with Crippen LogP contribution in [0, 0.1) is 0 Å². The molecule has 2 aromatic heterocycles. The van der Waals surface area contributed by atoms with E-state index >= 15 is 9.13 Å². The van der Waals surface area contributed by atoms with Crippen molar-refractivity contribution in [1.82, 2.24) is 9.38 Å². The summed E-state index contributed by atoms with van der Waals surface area (Å²) in [5.74, 6) is 0. The van der Waals surface area contributed by atoms with Gasteiger partial charge in [-0.3, -0.25) is 4.40 Å². The molecule has 9 rings (SSSR count). The largest absolute Gasteiger partial charge is 0.309 e. The standard InChI is InChI=1S/C43H30N2O2P2/c46-48(31-15-5-1-6-16-31,32-17-7-2-8-18-32)35-26-28-41-40(29-35)44-43-39-24-14-13-23-37(39)38-27-25-36(30-42(38)45(41)43)49(47,33-19-9-3-10-20-33)34-21-11-4-12-22-34/h1-30H. The molecular formula is C43H30N2O2P2. The van der Waals surface area contributed by atoms with E-state index in [1.165, 1.54) is 0 Å². The molecule has 0 saturated carbocycles. The highest BCUT2D eigenvalue weighted by Gasteiger charge is 2.32. The number of hydrogen-bond acceptors (Lipinski definition) is 3. The van der Waals surface area contributed by atoms with E-state index < -0.39 is 14.3 Å². The summed E-state index contributed by atoms with van der Waals surface area (Å²) in [5, 5.41) is 7.75. The molecule has 0 aliphatic carbocycles. The fraction of sp³-hybridized carbons (Fsp3) is 0. The maximum atomic E-state index is 15.4. The molecule has 0 bridgehead atoms. The third-order valence-corrected chi connectivity index (χ3v) is 15.6. The van der Waals surface area contributed by atoms with Crippen molar-refractivity contribution < 1.29 is 9.13 Å². The Hall–Kier alpha value is -5.53. The molecule has 0 aliphatic heterocycles. The highest BCUT2D eigenvalue weighted by molar-refractivity contribution is 7.85. The van der Waals surface area contributed by atoms with Crippen LogP contribution in [0.3, 0.4) is 0 Å². The Balaban J connectivity index is 1.35. The number of nitrogens with zero attached hydrogens (tertiary/aromatic N) is 2. The number of imidazole rings is 1. The lowest BCUT2D eigenvalue weighted by molar-refractivity contribution is 0.591. The molecule has 0 radical (unpaired) electrons. The van der Waals surface area contributed by atoms with Crippen LogP contribution >= 0.6 is 14.3 Å². The Morgan fingerprint density at radius 2 is 0.796 bits per heavy atom. The lowest BCUT2D eigenvalue weighted by Crippen LogP contribution is -2.25. The van der Waals surface area contributed by atoms with E-state index in [1.807, 2.05) is 158 Å². The average Bonchev–Trinajstić information content (AvgIpc) is 3.58. The van der Waals surface area contributed by atoms with Crippen molar-refractivity contribution >= 4 is 84.5 Å². The zero-order valence-corrected chi connectivity index (χ0v) is 28.2. The van der Waals surface area contributed by atoms with Gasteiger partial charge in [0, 0.05) is 42.6 Å². The number of benzene rings is 7. The third kappa shape index (κ3) is 4.56. The topological polar surface area (TPSA) is 51.4 Å². The lowest BCUT2D eigenvalue weighted by atomic mass is 10.1. The van der Waals surface area contributed by atoms with Gasteiger partial charge in [0.2, 0.25) is 0 Å². The maximum absolute atomic E-state index is 15.4. The van der Waals surface area contributed by atoms with Gasteiger partial charge in [0.25, 0.3) is 0 Å². The molecule has 0 amide bonds. The number of fused-ring (bicyclic) bond motifs is 8. The van der Waals surface area contributed by atoms with E-state index in [1.54, 1.807) is 0 Å². The first-order valence-corrected chi connectivity index (χ1v) is 19.7. The molecule has 234 valence electrons. The van der Waals surface area contributed by atoms with Crippen LogP contribution in [-0.4, -0.2) is 9.38 Å². The second-order valence-electron chi connectivity index (χ2n) is 12.3. The maximum Gasteiger partial charge on any atom is 0.171 e. The molecule has 0 unspecified atom stereocenters. The Kier molecular flexibility index (Phi) is 6.99. The van der Waals surface area contributed by atoms with Gasteiger partial charge in [0.15, 0.2) is 14.3 Å². The first-order valence-electron chi connectivity index (χ1n) is 16.3. The monoisotopic (exact) mass is 668 g/mol. The fourth-order valence-corrected chi connectivity index (χ4v) is 12.5. The van der Waals surface area contributed by atoms with Gasteiger partial charge in [-0.1, -0.05) is 158 Å². The van der Waals surface area contributed by atoms with E-state index in [0.717, 1.165) is 70.2 Å². The Labute approximate surface area is 284 Å². The first-order chi connectivity index (χ1) is 24.1.